The van der Waals surface area contributed by atoms with Gasteiger partial charge in [0.1, 0.15) is 10.6 Å². The van der Waals surface area contributed by atoms with Gasteiger partial charge in [0, 0.05) is 25.1 Å². The summed E-state index contributed by atoms with van der Waals surface area (Å²) in [5, 5.41) is 12.4. The molecular weight excluding hydrogens is 312 g/mol. The lowest BCUT2D eigenvalue weighted by Gasteiger charge is -2.08. The number of aryl methyl sites for hydroxylation is 2. The lowest BCUT2D eigenvalue weighted by molar-refractivity contribution is 0.102. The van der Waals surface area contributed by atoms with Gasteiger partial charge >= 0.3 is 0 Å². The van der Waals surface area contributed by atoms with Gasteiger partial charge in [0.05, 0.1) is 5.52 Å². The van der Waals surface area contributed by atoms with Crippen LogP contribution in [-0.2, 0) is 13.5 Å². The van der Waals surface area contributed by atoms with Crippen molar-refractivity contribution in [1.29, 1.82) is 0 Å². The highest BCUT2D eigenvalue weighted by Crippen LogP contribution is 2.17. The van der Waals surface area contributed by atoms with Crippen molar-refractivity contribution < 1.29 is 4.79 Å². The first-order valence-corrected chi connectivity index (χ1v) is 8.14. The van der Waals surface area contributed by atoms with Crippen LogP contribution in [0.4, 0.5) is 5.13 Å². The van der Waals surface area contributed by atoms with Gasteiger partial charge in [-0.05, 0) is 18.6 Å². The molecule has 0 aliphatic rings. The number of amides is 1. The van der Waals surface area contributed by atoms with Crippen LogP contribution in [0.3, 0.4) is 0 Å². The molecule has 0 aliphatic carbocycles. The fraction of sp³-hybridized carbons (Fsp3) is 0.250. The minimum atomic E-state index is -0.462. The third-order valence-electron chi connectivity index (χ3n) is 3.49. The monoisotopic (exact) mass is 328 g/mol. The first kappa shape index (κ1) is 15.4. The molecule has 7 heteroatoms. The maximum absolute atomic E-state index is 12.5. The molecule has 3 rings (SSSR count). The molecule has 2 aromatic heterocycles. The van der Waals surface area contributed by atoms with Crippen molar-refractivity contribution in [1.82, 2.24) is 14.8 Å². The van der Waals surface area contributed by atoms with Gasteiger partial charge in [-0.15, -0.1) is 10.2 Å². The van der Waals surface area contributed by atoms with Gasteiger partial charge in [-0.2, -0.15) is 0 Å². The van der Waals surface area contributed by atoms with Crippen molar-refractivity contribution in [3.8, 4) is 0 Å². The van der Waals surface area contributed by atoms with Gasteiger partial charge in [-0.1, -0.05) is 30.4 Å². The molecule has 0 aliphatic heterocycles. The van der Waals surface area contributed by atoms with Crippen LogP contribution in [0.25, 0.3) is 10.9 Å². The molecule has 0 atom stereocenters. The van der Waals surface area contributed by atoms with E-state index in [2.05, 4.69) is 22.4 Å². The van der Waals surface area contributed by atoms with Crippen LogP contribution >= 0.6 is 11.3 Å². The molecule has 1 aromatic carbocycles. The highest BCUT2D eigenvalue weighted by molar-refractivity contribution is 7.15. The van der Waals surface area contributed by atoms with E-state index in [4.69, 9.17) is 0 Å². The third kappa shape index (κ3) is 3.00. The molecular formula is C16H16N4O2S. The minimum absolute atomic E-state index is 0.0958. The van der Waals surface area contributed by atoms with E-state index in [1.807, 2.05) is 19.2 Å². The van der Waals surface area contributed by atoms with E-state index in [0.29, 0.717) is 10.5 Å². The molecule has 3 aromatic rings. The second-order valence-corrected chi connectivity index (χ2v) is 6.27. The van der Waals surface area contributed by atoms with Crippen molar-refractivity contribution in [2.24, 2.45) is 7.05 Å². The number of fused-ring (bicyclic) bond motifs is 1. The van der Waals surface area contributed by atoms with E-state index in [1.54, 1.807) is 22.9 Å². The Bertz CT molecular complexity index is 929. The summed E-state index contributed by atoms with van der Waals surface area (Å²) in [6.07, 6.45) is 3.34. The van der Waals surface area contributed by atoms with E-state index < -0.39 is 5.91 Å². The van der Waals surface area contributed by atoms with E-state index in [9.17, 15) is 9.59 Å². The number of anilines is 1. The fourth-order valence-corrected chi connectivity index (χ4v) is 3.22. The Morgan fingerprint density at radius 3 is 2.87 bits per heavy atom. The largest absolute Gasteiger partial charge is 0.350 e. The lowest BCUT2D eigenvalue weighted by Crippen LogP contribution is -2.23. The van der Waals surface area contributed by atoms with Crippen molar-refractivity contribution in [3.63, 3.8) is 0 Å². The molecule has 0 unspecified atom stereocenters. The van der Waals surface area contributed by atoms with Gasteiger partial charge in [-0.25, -0.2) is 0 Å². The number of pyridine rings is 1. The summed E-state index contributed by atoms with van der Waals surface area (Å²) < 4.78 is 1.77. The van der Waals surface area contributed by atoms with Crippen LogP contribution in [0.15, 0.2) is 35.3 Å². The molecule has 23 heavy (non-hydrogen) atoms. The van der Waals surface area contributed by atoms with Crippen LogP contribution in [-0.4, -0.2) is 20.7 Å². The van der Waals surface area contributed by atoms with Gasteiger partial charge in [0.15, 0.2) is 0 Å². The summed E-state index contributed by atoms with van der Waals surface area (Å²) in [5.41, 5.74) is 0.600. The summed E-state index contributed by atoms with van der Waals surface area (Å²) in [6, 6.07) is 7.21. The first-order valence-electron chi connectivity index (χ1n) is 7.32. The highest BCUT2D eigenvalue weighted by atomic mass is 32.1. The summed E-state index contributed by atoms with van der Waals surface area (Å²) in [4.78, 5) is 24.9. The fourth-order valence-electron chi connectivity index (χ4n) is 2.39. The number of nitrogens with one attached hydrogen (secondary N) is 1. The lowest BCUT2D eigenvalue weighted by atomic mass is 10.1. The predicted octanol–water partition coefficient (Wildman–Crippen LogP) is 2.59. The number of aromatic nitrogens is 3. The van der Waals surface area contributed by atoms with Crippen LogP contribution < -0.4 is 10.7 Å². The second-order valence-electron chi connectivity index (χ2n) is 5.21. The average Bonchev–Trinajstić information content (AvgIpc) is 2.98. The number of benzene rings is 1. The smallest absolute Gasteiger partial charge is 0.262 e. The maximum Gasteiger partial charge on any atom is 0.262 e. The zero-order valence-corrected chi connectivity index (χ0v) is 13.7. The number of carbonyl (C=O) groups excluding carboxylic acids is 1. The zero-order chi connectivity index (χ0) is 16.4. The Morgan fingerprint density at radius 2 is 2.09 bits per heavy atom. The second kappa shape index (κ2) is 6.29. The van der Waals surface area contributed by atoms with E-state index in [-0.39, 0.29) is 11.0 Å². The van der Waals surface area contributed by atoms with Gasteiger partial charge < -0.3 is 4.57 Å². The quantitative estimate of drug-likeness (QED) is 0.798. The molecule has 0 saturated heterocycles. The Balaban J connectivity index is 1.94. The minimum Gasteiger partial charge on any atom is -0.350 e. The molecule has 2 heterocycles. The van der Waals surface area contributed by atoms with Crippen molar-refractivity contribution in [2.75, 3.05) is 5.32 Å². The Hall–Kier alpha value is -2.54. The standard InChI is InChI=1S/C16H16N4O2S/c1-3-6-13-18-19-16(23-13)17-15(22)11-9-20(2)12-8-5-4-7-10(12)14(11)21/h4-5,7-9H,3,6H2,1-2H3,(H,17,19,22). The summed E-state index contributed by atoms with van der Waals surface area (Å²) in [6.45, 7) is 2.05. The van der Waals surface area contributed by atoms with Gasteiger partial charge in [0.2, 0.25) is 10.6 Å². The van der Waals surface area contributed by atoms with E-state index in [0.717, 1.165) is 23.4 Å². The number of para-hydroxylation sites is 1. The molecule has 6 nitrogen and oxygen atoms in total. The number of hydrogen-bond donors (Lipinski definition) is 1. The van der Waals surface area contributed by atoms with Crippen molar-refractivity contribution in [2.45, 2.75) is 19.8 Å². The first-order chi connectivity index (χ1) is 11.1. The molecule has 0 saturated carbocycles. The molecule has 0 fully saturated rings. The summed E-state index contributed by atoms with van der Waals surface area (Å²) in [5.74, 6) is -0.462. The molecule has 1 amide bonds. The SMILES string of the molecule is CCCc1nnc(NC(=O)c2cn(C)c3ccccc3c2=O)s1. The normalized spacial score (nSPS) is 10.9. The number of carbonyl (C=O) groups is 1. The molecule has 0 radical (unpaired) electrons. The highest BCUT2D eigenvalue weighted by Gasteiger charge is 2.16. The molecule has 118 valence electrons. The van der Waals surface area contributed by atoms with Crippen molar-refractivity contribution in [3.05, 3.63) is 51.3 Å². The molecule has 1 N–H and O–H groups in total. The molecule has 0 bridgehead atoms. The summed E-state index contributed by atoms with van der Waals surface area (Å²) >= 11 is 1.33. The number of nitrogens with zero attached hydrogens (tertiary/aromatic N) is 3. The van der Waals surface area contributed by atoms with E-state index in [1.165, 1.54) is 11.3 Å². The number of hydrogen-bond acceptors (Lipinski definition) is 5. The summed E-state index contributed by atoms with van der Waals surface area (Å²) in [7, 11) is 1.81. The zero-order valence-electron chi connectivity index (χ0n) is 12.9. The van der Waals surface area contributed by atoms with Crippen LogP contribution in [0.1, 0.15) is 28.7 Å². The maximum atomic E-state index is 12.5. The third-order valence-corrected chi connectivity index (χ3v) is 4.39. The Morgan fingerprint density at radius 1 is 1.30 bits per heavy atom. The topological polar surface area (TPSA) is 76.9 Å². The predicted molar refractivity (Wildman–Crippen MR) is 91.0 cm³/mol. The van der Waals surface area contributed by atoms with Crippen LogP contribution in [0.5, 0.6) is 0 Å². The van der Waals surface area contributed by atoms with Crippen LogP contribution in [0, 0.1) is 0 Å². The Labute approximate surface area is 136 Å². The average molecular weight is 328 g/mol. The number of rotatable bonds is 4. The Kier molecular flexibility index (Phi) is 4.20. The van der Waals surface area contributed by atoms with Crippen molar-refractivity contribution >= 4 is 33.3 Å². The molecule has 0 spiro atoms. The van der Waals surface area contributed by atoms with Gasteiger partial charge in [-0.3, -0.25) is 14.9 Å². The van der Waals surface area contributed by atoms with Gasteiger partial charge in [0.25, 0.3) is 5.91 Å². The van der Waals surface area contributed by atoms with E-state index >= 15 is 0 Å². The van der Waals surface area contributed by atoms with Crippen LogP contribution in [0.2, 0.25) is 0 Å².